The predicted molar refractivity (Wildman–Crippen MR) is 68.1 cm³/mol. The quantitative estimate of drug-likeness (QED) is 0.638. The lowest BCUT2D eigenvalue weighted by molar-refractivity contribution is 0.526. The van der Waals surface area contributed by atoms with Gasteiger partial charge in [-0.05, 0) is 25.0 Å². The van der Waals surface area contributed by atoms with E-state index in [1.54, 1.807) is 23.0 Å². The second-order valence-electron chi connectivity index (χ2n) is 4.32. The normalized spacial score (nSPS) is 12.7. The number of benzene rings is 1. The maximum Gasteiger partial charge on any atom is 0.126 e. The summed E-state index contributed by atoms with van der Waals surface area (Å²) in [6, 6.07) is 6.58. The standard InChI is InChI=1S/C13H17FN4/c1-9-11(8-16-18(9)2)13(17-15)7-10-5-3-4-6-12(10)14/h3-6,8,13,17H,7,15H2,1-2H3. The average Bonchev–Trinajstić information content (AvgIpc) is 2.70. The van der Waals surface area contributed by atoms with Crippen LogP contribution < -0.4 is 11.3 Å². The zero-order chi connectivity index (χ0) is 13.1. The van der Waals surface area contributed by atoms with Gasteiger partial charge in [-0.2, -0.15) is 5.10 Å². The van der Waals surface area contributed by atoms with Crippen LogP contribution in [0.3, 0.4) is 0 Å². The van der Waals surface area contributed by atoms with Crippen LogP contribution >= 0.6 is 0 Å². The van der Waals surface area contributed by atoms with Gasteiger partial charge in [0.1, 0.15) is 5.82 Å². The van der Waals surface area contributed by atoms with E-state index in [1.165, 1.54) is 6.07 Å². The summed E-state index contributed by atoms with van der Waals surface area (Å²) in [7, 11) is 1.87. The lowest BCUT2D eigenvalue weighted by Crippen LogP contribution is -2.30. The van der Waals surface area contributed by atoms with E-state index in [1.807, 2.05) is 20.0 Å². The van der Waals surface area contributed by atoms with Gasteiger partial charge in [-0.1, -0.05) is 18.2 Å². The highest BCUT2D eigenvalue weighted by Crippen LogP contribution is 2.21. The molecule has 0 spiro atoms. The van der Waals surface area contributed by atoms with Crippen LogP contribution in [0.2, 0.25) is 0 Å². The first kappa shape index (κ1) is 12.7. The second-order valence-corrected chi connectivity index (χ2v) is 4.32. The Bertz CT molecular complexity index is 536. The highest BCUT2D eigenvalue weighted by molar-refractivity contribution is 5.25. The maximum atomic E-state index is 13.6. The van der Waals surface area contributed by atoms with Crippen LogP contribution in [0.4, 0.5) is 4.39 Å². The molecule has 0 radical (unpaired) electrons. The molecule has 0 amide bonds. The van der Waals surface area contributed by atoms with Crippen LogP contribution in [0.15, 0.2) is 30.5 Å². The van der Waals surface area contributed by atoms with Crippen LogP contribution in [0.5, 0.6) is 0 Å². The van der Waals surface area contributed by atoms with Gasteiger partial charge in [-0.15, -0.1) is 0 Å². The van der Waals surface area contributed by atoms with Crippen LogP contribution in [0, 0.1) is 12.7 Å². The number of hydrogen-bond acceptors (Lipinski definition) is 3. The summed E-state index contributed by atoms with van der Waals surface area (Å²) in [5, 5.41) is 4.18. The summed E-state index contributed by atoms with van der Waals surface area (Å²) in [5.41, 5.74) is 5.38. The fourth-order valence-corrected chi connectivity index (χ4v) is 2.00. The van der Waals surface area contributed by atoms with Gasteiger partial charge in [-0.3, -0.25) is 16.0 Å². The number of aromatic nitrogens is 2. The first-order chi connectivity index (χ1) is 8.63. The van der Waals surface area contributed by atoms with Crippen molar-refractivity contribution < 1.29 is 4.39 Å². The summed E-state index contributed by atoms with van der Waals surface area (Å²) in [4.78, 5) is 0. The Labute approximate surface area is 106 Å². The Morgan fingerprint density at radius 1 is 1.44 bits per heavy atom. The molecule has 1 unspecified atom stereocenters. The largest absolute Gasteiger partial charge is 0.273 e. The second kappa shape index (κ2) is 5.29. The molecule has 1 atom stereocenters. The third-order valence-electron chi connectivity index (χ3n) is 3.23. The Morgan fingerprint density at radius 3 is 2.72 bits per heavy atom. The summed E-state index contributed by atoms with van der Waals surface area (Å²) < 4.78 is 15.4. The van der Waals surface area contributed by atoms with Crippen molar-refractivity contribution in [1.82, 2.24) is 15.2 Å². The number of nitrogens with two attached hydrogens (primary N) is 1. The van der Waals surface area contributed by atoms with Crippen molar-refractivity contribution in [1.29, 1.82) is 0 Å². The van der Waals surface area contributed by atoms with E-state index in [2.05, 4.69) is 10.5 Å². The van der Waals surface area contributed by atoms with E-state index in [9.17, 15) is 4.39 Å². The van der Waals surface area contributed by atoms with Crippen LogP contribution in [0.25, 0.3) is 0 Å². The number of nitrogens with one attached hydrogen (secondary N) is 1. The molecule has 1 heterocycles. The zero-order valence-corrected chi connectivity index (χ0v) is 10.5. The Balaban J connectivity index is 2.25. The molecule has 1 aromatic carbocycles. The molecule has 0 bridgehead atoms. The van der Waals surface area contributed by atoms with Gasteiger partial charge < -0.3 is 0 Å². The van der Waals surface area contributed by atoms with Crippen molar-refractivity contribution in [3.05, 3.63) is 53.1 Å². The molecule has 2 rings (SSSR count). The number of halogens is 1. The van der Waals surface area contributed by atoms with Gasteiger partial charge in [0.15, 0.2) is 0 Å². The molecule has 4 nitrogen and oxygen atoms in total. The zero-order valence-electron chi connectivity index (χ0n) is 10.5. The monoisotopic (exact) mass is 248 g/mol. The van der Waals surface area contributed by atoms with Crippen molar-refractivity contribution in [3.8, 4) is 0 Å². The van der Waals surface area contributed by atoms with Crippen molar-refractivity contribution in [3.63, 3.8) is 0 Å². The Morgan fingerprint density at radius 2 is 2.17 bits per heavy atom. The highest BCUT2D eigenvalue weighted by atomic mass is 19.1. The highest BCUT2D eigenvalue weighted by Gasteiger charge is 2.17. The third kappa shape index (κ3) is 2.42. The van der Waals surface area contributed by atoms with Gasteiger partial charge in [-0.25, -0.2) is 4.39 Å². The van der Waals surface area contributed by atoms with Crippen LogP contribution in [-0.2, 0) is 13.5 Å². The van der Waals surface area contributed by atoms with E-state index in [0.29, 0.717) is 12.0 Å². The molecule has 18 heavy (non-hydrogen) atoms. The minimum atomic E-state index is -0.209. The van der Waals surface area contributed by atoms with E-state index in [-0.39, 0.29) is 11.9 Å². The Hall–Kier alpha value is -1.72. The van der Waals surface area contributed by atoms with Crippen molar-refractivity contribution in [2.75, 3.05) is 0 Å². The Kier molecular flexibility index (Phi) is 3.74. The molecule has 0 aliphatic heterocycles. The summed E-state index contributed by atoms with van der Waals surface area (Å²) in [6.07, 6.45) is 2.26. The predicted octanol–water partition coefficient (Wildman–Crippen LogP) is 1.61. The molecule has 0 aliphatic rings. The molecule has 0 fully saturated rings. The van der Waals surface area contributed by atoms with Crippen LogP contribution in [-0.4, -0.2) is 9.78 Å². The first-order valence-electron chi connectivity index (χ1n) is 5.81. The first-order valence-corrected chi connectivity index (χ1v) is 5.81. The molecular weight excluding hydrogens is 231 g/mol. The van der Waals surface area contributed by atoms with Crippen molar-refractivity contribution in [2.45, 2.75) is 19.4 Å². The lowest BCUT2D eigenvalue weighted by atomic mass is 10.00. The van der Waals surface area contributed by atoms with E-state index < -0.39 is 0 Å². The molecule has 0 saturated carbocycles. The topological polar surface area (TPSA) is 55.9 Å². The lowest BCUT2D eigenvalue weighted by Gasteiger charge is -2.16. The molecule has 0 aliphatic carbocycles. The molecule has 0 saturated heterocycles. The molecule has 1 aromatic heterocycles. The number of aryl methyl sites for hydroxylation is 1. The minimum Gasteiger partial charge on any atom is -0.273 e. The third-order valence-corrected chi connectivity index (χ3v) is 3.23. The summed E-state index contributed by atoms with van der Waals surface area (Å²) in [6.45, 7) is 1.97. The van der Waals surface area contributed by atoms with E-state index in [0.717, 1.165) is 11.3 Å². The van der Waals surface area contributed by atoms with Crippen LogP contribution in [0.1, 0.15) is 22.9 Å². The van der Waals surface area contributed by atoms with Crippen molar-refractivity contribution >= 4 is 0 Å². The van der Waals surface area contributed by atoms with E-state index in [4.69, 9.17) is 5.84 Å². The van der Waals surface area contributed by atoms with Gasteiger partial charge in [0, 0.05) is 18.3 Å². The fourth-order valence-electron chi connectivity index (χ4n) is 2.00. The number of nitrogens with zero attached hydrogens (tertiary/aromatic N) is 2. The summed E-state index contributed by atoms with van der Waals surface area (Å²) in [5.74, 6) is 5.36. The number of hydrazine groups is 1. The average molecular weight is 248 g/mol. The van der Waals surface area contributed by atoms with Gasteiger partial charge in [0.2, 0.25) is 0 Å². The molecule has 3 N–H and O–H groups in total. The number of hydrogen-bond donors (Lipinski definition) is 2. The SMILES string of the molecule is Cc1c(C(Cc2ccccc2F)NN)cnn1C. The van der Waals surface area contributed by atoms with Gasteiger partial charge >= 0.3 is 0 Å². The van der Waals surface area contributed by atoms with Gasteiger partial charge in [0.05, 0.1) is 12.2 Å². The fraction of sp³-hybridized carbons (Fsp3) is 0.308. The summed E-state index contributed by atoms with van der Waals surface area (Å²) >= 11 is 0. The maximum absolute atomic E-state index is 13.6. The molecular formula is C13H17FN4. The van der Waals surface area contributed by atoms with Gasteiger partial charge in [0.25, 0.3) is 0 Å². The molecule has 5 heteroatoms. The molecule has 2 aromatic rings. The van der Waals surface area contributed by atoms with E-state index >= 15 is 0 Å². The molecule has 96 valence electrons. The minimum absolute atomic E-state index is 0.143. The smallest absolute Gasteiger partial charge is 0.126 e. The van der Waals surface area contributed by atoms with Crippen molar-refractivity contribution in [2.24, 2.45) is 12.9 Å². The number of rotatable bonds is 4.